The van der Waals surface area contributed by atoms with Crippen LogP contribution in [-0.2, 0) is 0 Å². The average molecular weight is 346 g/mol. The van der Waals surface area contributed by atoms with Crippen molar-refractivity contribution in [2.24, 2.45) is 0 Å². The summed E-state index contributed by atoms with van der Waals surface area (Å²) in [5, 5.41) is 0.608. The SMILES string of the molecule is CCN1CCN(c2cc(N)c(Cl)c(-c3ccc(OC)cc3)c2)CC1. The third kappa shape index (κ3) is 3.45. The molecule has 0 unspecified atom stereocenters. The van der Waals surface area contributed by atoms with Gasteiger partial charge in [-0.05, 0) is 36.4 Å². The van der Waals surface area contributed by atoms with Crippen molar-refractivity contribution in [1.82, 2.24) is 4.90 Å². The highest BCUT2D eigenvalue weighted by Gasteiger charge is 2.18. The Hall–Kier alpha value is -1.91. The van der Waals surface area contributed by atoms with Gasteiger partial charge in [0.15, 0.2) is 0 Å². The second-order valence-electron chi connectivity index (χ2n) is 6.05. The molecule has 3 rings (SSSR count). The average Bonchev–Trinajstić information content (AvgIpc) is 2.64. The van der Waals surface area contributed by atoms with E-state index in [-0.39, 0.29) is 0 Å². The van der Waals surface area contributed by atoms with E-state index in [0.29, 0.717) is 10.7 Å². The van der Waals surface area contributed by atoms with Gasteiger partial charge in [-0.25, -0.2) is 0 Å². The van der Waals surface area contributed by atoms with E-state index in [2.05, 4.69) is 22.8 Å². The lowest BCUT2D eigenvalue weighted by Gasteiger charge is -2.36. The molecular formula is C19H24ClN3O. The lowest BCUT2D eigenvalue weighted by atomic mass is 10.0. The molecule has 1 fully saturated rings. The van der Waals surface area contributed by atoms with E-state index in [1.54, 1.807) is 7.11 Å². The number of benzene rings is 2. The molecule has 128 valence electrons. The molecule has 0 atom stereocenters. The molecule has 0 bridgehead atoms. The van der Waals surface area contributed by atoms with E-state index >= 15 is 0 Å². The normalized spacial score (nSPS) is 15.5. The summed E-state index contributed by atoms with van der Waals surface area (Å²) in [7, 11) is 1.66. The van der Waals surface area contributed by atoms with Crippen LogP contribution in [0.5, 0.6) is 5.75 Å². The van der Waals surface area contributed by atoms with Gasteiger partial charge in [0.05, 0.1) is 17.8 Å². The fraction of sp³-hybridized carbons (Fsp3) is 0.368. The number of piperazine rings is 1. The monoisotopic (exact) mass is 345 g/mol. The van der Waals surface area contributed by atoms with Crippen LogP contribution in [0.2, 0.25) is 5.02 Å². The Balaban J connectivity index is 1.91. The number of nitrogens with two attached hydrogens (primary N) is 1. The quantitative estimate of drug-likeness (QED) is 0.857. The molecule has 0 saturated carbocycles. The molecule has 2 N–H and O–H groups in total. The maximum Gasteiger partial charge on any atom is 0.118 e. The molecule has 0 radical (unpaired) electrons. The molecule has 0 aliphatic carbocycles. The predicted octanol–water partition coefficient (Wildman–Crippen LogP) is 3.74. The lowest BCUT2D eigenvalue weighted by molar-refractivity contribution is 0.271. The molecule has 1 heterocycles. The Bertz CT molecular complexity index is 695. The van der Waals surface area contributed by atoms with Gasteiger partial charge < -0.3 is 20.3 Å². The Kier molecular flexibility index (Phi) is 5.17. The van der Waals surface area contributed by atoms with Crippen LogP contribution in [0.4, 0.5) is 11.4 Å². The Morgan fingerprint density at radius 2 is 1.75 bits per heavy atom. The van der Waals surface area contributed by atoms with Crippen LogP contribution in [0.3, 0.4) is 0 Å². The van der Waals surface area contributed by atoms with Gasteiger partial charge in [0, 0.05) is 37.4 Å². The topological polar surface area (TPSA) is 41.7 Å². The number of anilines is 2. The zero-order valence-corrected chi connectivity index (χ0v) is 15.0. The molecular weight excluding hydrogens is 322 g/mol. The summed E-state index contributed by atoms with van der Waals surface area (Å²) in [6.45, 7) is 7.49. The van der Waals surface area contributed by atoms with Crippen LogP contribution in [0.1, 0.15) is 6.92 Å². The third-order valence-corrected chi connectivity index (χ3v) is 5.09. The minimum Gasteiger partial charge on any atom is -0.497 e. The number of rotatable bonds is 4. The van der Waals surface area contributed by atoms with Gasteiger partial charge in [0.1, 0.15) is 5.75 Å². The van der Waals surface area contributed by atoms with Gasteiger partial charge in [-0.15, -0.1) is 0 Å². The standard InChI is InChI=1S/C19H24ClN3O/c1-3-22-8-10-23(11-9-22)15-12-17(19(20)18(21)13-15)14-4-6-16(24-2)7-5-14/h4-7,12-13H,3,8-11,21H2,1-2H3. The van der Waals surface area contributed by atoms with Crippen LogP contribution in [0.15, 0.2) is 36.4 Å². The third-order valence-electron chi connectivity index (χ3n) is 4.67. The van der Waals surface area contributed by atoms with E-state index in [9.17, 15) is 0 Å². The van der Waals surface area contributed by atoms with Crippen molar-refractivity contribution in [2.75, 3.05) is 50.5 Å². The number of ether oxygens (including phenoxy) is 1. The summed E-state index contributed by atoms with van der Waals surface area (Å²) >= 11 is 6.47. The van der Waals surface area contributed by atoms with Crippen molar-refractivity contribution >= 4 is 23.0 Å². The van der Waals surface area contributed by atoms with Crippen LogP contribution in [0.25, 0.3) is 11.1 Å². The van der Waals surface area contributed by atoms with Gasteiger partial charge in [0.2, 0.25) is 0 Å². The number of methoxy groups -OCH3 is 1. The van der Waals surface area contributed by atoms with Gasteiger partial charge >= 0.3 is 0 Å². The van der Waals surface area contributed by atoms with Crippen LogP contribution in [-0.4, -0.2) is 44.7 Å². The highest BCUT2D eigenvalue weighted by Crippen LogP contribution is 2.37. The fourth-order valence-electron chi connectivity index (χ4n) is 3.12. The van der Waals surface area contributed by atoms with Crippen molar-refractivity contribution < 1.29 is 4.74 Å². The highest BCUT2D eigenvalue weighted by molar-refractivity contribution is 6.36. The molecule has 1 aliphatic rings. The molecule has 24 heavy (non-hydrogen) atoms. The number of likely N-dealkylation sites (N-methyl/N-ethyl adjacent to an activating group) is 1. The number of hydrogen-bond acceptors (Lipinski definition) is 4. The van der Waals surface area contributed by atoms with Gasteiger partial charge in [-0.1, -0.05) is 30.7 Å². The molecule has 0 spiro atoms. The zero-order chi connectivity index (χ0) is 17.1. The van der Waals surface area contributed by atoms with Crippen molar-refractivity contribution in [3.8, 4) is 16.9 Å². The second kappa shape index (κ2) is 7.32. The van der Waals surface area contributed by atoms with Gasteiger partial charge in [-0.3, -0.25) is 0 Å². The summed E-state index contributed by atoms with van der Waals surface area (Å²) in [5.41, 5.74) is 9.95. The maximum absolute atomic E-state index is 6.47. The highest BCUT2D eigenvalue weighted by atomic mass is 35.5. The summed E-state index contributed by atoms with van der Waals surface area (Å²) < 4.78 is 5.23. The minimum absolute atomic E-state index is 0.608. The number of hydrogen-bond donors (Lipinski definition) is 1. The molecule has 2 aromatic rings. The first kappa shape index (κ1) is 16.9. The molecule has 5 heteroatoms. The van der Waals surface area contributed by atoms with Crippen molar-refractivity contribution in [3.05, 3.63) is 41.4 Å². The van der Waals surface area contributed by atoms with E-state index < -0.39 is 0 Å². The summed E-state index contributed by atoms with van der Waals surface area (Å²) in [4.78, 5) is 4.84. The smallest absolute Gasteiger partial charge is 0.118 e. The first-order chi connectivity index (χ1) is 11.6. The van der Waals surface area contributed by atoms with Crippen LogP contribution >= 0.6 is 11.6 Å². The van der Waals surface area contributed by atoms with Gasteiger partial charge in [0.25, 0.3) is 0 Å². The molecule has 2 aromatic carbocycles. The summed E-state index contributed by atoms with van der Waals surface area (Å²) in [5.74, 6) is 0.828. The van der Waals surface area contributed by atoms with Crippen molar-refractivity contribution in [1.29, 1.82) is 0 Å². The van der Waals surface area contributed by atoms with Crippen molar-refractivity contribution in [3.63, 3.8) is 0 Å². The Morgan fingerprint density at radius 1 is 1.08 bits per heavy atom. The number of halogens is 1. The second-order valence-corrected chi connectivity index (χ2v) is 6.42. The summed E-state index contributed by atoms with van der Waals surface area (Å²) in [6.07, 6.45) is 0. The predicted molar refractivity (Wildman–Crippen MR) is 102 cm³/mol. The first-order valence-corrected chi connectivity index (χ1v) is 8.71. The molecule has 4 nitrogen and oxygen atoms in total. The maximum atomic E-state index is 6.47. The molecule has 0 amide bonds. The minimum atomic E-state index is 0.608. The Morgan fingerprint density at radius 3 is 2.33 bits per heavy atom. The molecule has 1 saturated heterocycles. The molecule has 0 aromatic heterocycles. The zero-order valence-electron chi connectivity index (χ0n) is 14.3. The van der Waals surface area contributed by atoms with E-state index in [1.807, 2.05) is 30.3 Å². The van der Waals surface area contributed by atoms with E-state index in [0.717, 1.165) is 55.3 Å². The van der Waals surface area contributed by atoms with E-state index in [4.69, 9.17) is 22.1 Å². The molecule has 1 aliphatic heterocycles. The Labute approximate surface area is 148 Å². The lowest BCUT2D eigenvalue weighted by Crippen LogP contribution is -2.46. The van der Waals surface area contributed by atoms with E-state index in [1.165, 1.54) is 0 Å². The largest absolute Gasteiger partial charge is 0.497 e. The van der Waals surface area contributed by atoms with Gasteiger partial charge in [-0.2, -0.15) is 0 Å². The number of nitrogen functional groups attached to an aromatic ring is 1. The fourth-order valence-corrected chi connectivity index (χ4v) is 3.33. The van der Waals surface area contributed by atoms with Crippen LogP contribution in [0, 0.1) is 0 Å². The van der Waals surface area contributed by atoms with Crippen molar-refractivity contribution in [2.45, 2.75) is 6.92 Å². The first-order valence-electron chi connectivity index (χ1n) is 8.33. The van der Waals surface area contributed by atoms with Crippen LogP contribution < -0.4 is 15.4 Å². The summed E-state index contributed by atoms with van der Waals surface area (Å²) in [6, 6.07) is 12.0. The number of nitrogens with zero attached hydrogens (tertiary/aromatic N) is 2.